The second kappa shape index (κ2) is 15.4. The molecule has 0 unspecified atom stereocenters. The number of methoxy groups -OCH3 is 1. The van der Waals surface area contributed by atoms with E-state index in [9.17, 15) is 14.7 Å². The van der Waals surface area contributed by atoms with Crippen molar-refractivity contribution in [1.82, 2.24) is 10.6 Å². The largest absolute Gasteiger partial charge is 0.394 e. The second-order valence-electron chi connectivity index (χ2n) is 9.88. The van der Waals surface area contributed by atoms with Gasteiger partial charge in [0.2, 0.25) is 5.91 Å². The molecule has 11 heteroatoms. The number of nitrogens with two attached hydrogens (primary N) is 1. The zero-order valence-electron chi connectivity index (χ0n) is 23.3. The summed E-state index contributed by atoms with van der Waals surface area (Å²) in [6.07, 6.45) is 3.45. The number of amidine groups is 1. The molecule has 3 rings (SSSR count). The molecule has 0 heterocycles. The Hall–Kier alpha value is -3.60. The Labute approximate surface area is 244 Å². The molecule has 1 aliphatic carbocycles. The number of hydrogen-bond donors (Lipinski definition) is 4. The van der Waals surface area contributed by atoms with Crippen molar-refractivity contribution < 1.29 is 23.8 Å². The molecular weight excluding hydrogens is 549 g/mol. The predicted molar refractivity (Wildman–Crippen MR) is 159 cm³/mol. The van der Waals surface area contributed by atoms with Crippen LogP contribution in [0.5, 0.6) is 0 Å². The van der Waals surface area contributed by atoms with Gasteiger partial charge in [-0.25, -0.2) is 9.38 Å². The van der Waals surface area contributed by atoms with E-state index in [0.717, 1.165) is 25.7 Å². The lowest BCUT2D eigenvalue weighted by Crippen LogP contribution is -2.38. The highest BCUT2D eigenvalue weighted by molar-refractivity contribution is 6.47. The van der Waals surface area contributed by atoms with E-state index in [1.165, 1.54) is 19.2 Å². The zero-order valence-corrected chi connectivity index (χ0v) is 24.1. The lowest BCUT2D eigenvalue weighted by Gasteiger charge is -2.29. The molecule has 2 aromatic carbocycles. The third kappa shape index (κ3) is 8.94. The molecule has 0 aromatic heterocycles. The van der Waals surface area contributed by atoms with Crippen molar-refractivity contribution in [3.05, 3.63) is 82.3 Å². The molecule has 0 saturated heterocycles. The second-order valence-corrected chi connectivity index (χ2v) is 10.3. The Kier molecular flexibility index (Phi) is 12.0. The molecule has 9 nitrogen and oxygen atoms in total. The Bertz CT molecular complexity index is 1310. The van der Waals surface area contributed by atoms with Crippen molar-refractivity contribution in [2.75, 3.05) is 27.4 Å². The number of aliphatic hydroxyl groups excluding tert-OH is 1. The lowest BCUT2D eigenvalue weighted by molar-refractivity contribution is -0.122. The zero-order chi connectivity index (χ0) is 29.9. The van der Waals surface area contributed by atoms with Crippen molar-refractivity contribution in [1.29, 1.82) is 0 Å². The highest BCUT2D eigenvalue weighted by atomic mass is 35.5. The van der Waals surface area contributed by atoms with Crippen LogP contribution in [-0.2, 0) is 9.53 Å². The highest BCUT2D eigenvalue weighted by Crippen LogP contribution is 2.30. The van der Waals surface area contributed by atoms with Crippen LogP contribution < -0.4 is 16.4 Å². The monoisotopic (exact) mass is 585 g/mol. The maximum Gasteiger partial charge on any atom is 0.254 e. The van der Waals surface area contributed by atoms with Gasteiger partial charge in [-0.1, -0.05) is 36.4 Å². The van der Waals surface area contributed by atoms with Gasteiger partial charge in [-0.2, -0.15) is 0 Å². The molecule has 5 N–H and O–H groups in total. The quantitative estimate of drug-likeness (QED) is 0.221. The van der Waals surface area contributed by atoms with Crippen molar-refractivity contribution in [3.63, 3.8) is 0 Å². The van der Waals surface area contributed by atoms with Crippen LogP contribution in [0.15, 0.2) is 64.7 Å². The SMILES string of the molecule is C=C(N=C(C(N)=NC)c1ccc(C(=O)N[C@H](CO)c2cccc(Cl)c2)c(F)c1)C1CCC(NC(=O)CCOC)CC1. The van der Waals surface area contributed by atoms with Crippen LogP contribution >= 0.6 is 11.6 Å². The summed E-state index contributed by atoms with van der Waals surface area (Å²) in [7, 11) is 3.07. The Morgan fingerprint density at radius 2 is 1.95 bits per heavy atom. The number of hydrogen-bond acceptors (Lipinski definition) is 6. The molecule has 220 valence electrons. The molecule has 1 aliphatic rings. The summed E-state index contributed by atoms with van der Waals surface area (Å²) >= 11 is 6.02. The number of amides is 2. The number of carbonyl (C=O) groups excluding carboxylic acids is 2. The van der Waals surface area contributed by atoms with Gasteiger partial charge in [0.25, 0.3) is 5.91 Å². The molecular formula is C30H37ClFN5O4. The first kappa shape index (κ1) is 31.9. The van der Waals surface area contributed by atoms with E-state index in [-0.39, 0.29) is 35.0 Å². The van der Waals surface area contributed by atoms with E-state index in [0.29, 0.717) is 34.9 Å². The fraction of sp³-hybridized carbons (Fsp3) is 0.400. The number of allylic oxidation sites excluding steroid dienone is 1. The average molecular weight is 586 g/mol. The van der Waals surface area contributed by atoms with E-state index in [2.05, 4.69) is 27.2 Å². The smallest absolute Gasteiger partial charge is 0.254 e. The minimum atomic E-state index is -0.783. The Balaban J connectivity index is 1.72. The van der Waals surface area contributed by atoms with E-state index in [1.54, 1.807) is 37.4 Å². The van der Waals surface area contributed by atoms with Crippen molar-refractivity contribution in [2.45, 2.75) is 44.2 Å². The Morgan fingerprint density at radius 1 is 1.22 bits per heavy atom. The van der Waals surface area contributed by atoms with Gasteiger partial charge in [-0.3, -0.25) is 14.6 Å². The number of carbonyl (C=O) groups is 2. The molecule has 2 aromatic rings. The molecule has 1 saturated carbocycles. The normalized spacial score (nSPS) is 18.5. The van der Waals surface area contributed by atoms with Gasteiger partial charge in [0.1, 0.15) is 17.4 Å². The number of nitrogens with zero attached hydrogens (tertiary/aromatic N) is 2. The summed E-state index contributed by atoms with van der Waals surface area (Å²) in [5, 5.41) is 15.9. The van der Waals surface area contributed by atoms with Gasteiger partial charge < -0.3 is 26.2 Å². The molecule has 1 fully saturated rings. The molecule has 2 amide bonds. The minimum absolute atomic E-state index is 0.0307. The van der Waals surface area contributed by atoms with Gasteiger partial charge in [0.15, 0.2) is 0 Å². The van der Waals surface area contributed by atoms with Gasteiger partial charge in [0, 0.05) is 48.8 Å². The summed E-state index contributed by atoms with van der Waals surface area (Å²) in [6, 6.07) is 10.1. The molecule has 0 bridgehead atoms. The third-order valence-corrected chi connectivity index (χ3v) is 7.30. The van der Waals surface area contributed by atoms with Crippen LogP contribution in [0.25, 0.3) is 0 Å². The van der Waals surface area contributed by atoms with Crippen LogP contribution in [0.3, 0.4) is 0 Å². The predicted octanol–water partition coefficient (Wildman–Crippen LogP) is 3.94. The summed E-state index contributed by atoms with van der Waals surface area (Å²) in [5.41, 5.74) is 7.71. The summed E-state index contributed by atoms with van der Waals surface area (Å²) in [6.45, 7) is 4.13. The lowest BCUT2D eigenvalue weighted by atomic mass is 9.84. The van der Waals surface area contributed by atoms with Gasteiger partial charge in [-0.05, 0) is 55.5 Å². The van der Waals surface area contributed by atoms with Crippen LogP contribution in [0, 0.1) is 11.7 Å². The van der Waals surface area contributed by atoms with Crippen LogP contribution in [0.4, 0.5) is 4.39 Å². The summed E-state index contributed by atoms with van der Waals surface area (Å²) < 4.78 is 20.2. The average Bonchev–Trinajstić information content (AvgIpc) is 2.97. The van der Waals surface area contributed by atoms with E-state index >= 15 is 4.39 Å². The molecule has 41 heavy (non-hydrogen) atoms. The number of halogens is 2. The van der Waals surface area contributed by atoms with Gasteiger partial charge >= 0.3 is 0 Å². The number of ether oxygens (including phenoxy) is 1. The first-order valence-corrected chi connectivity index (χ1v) is 13.8. The van der Waals surface area contributed by atoms with Gasteiger partial charge in [0.05, 0.1) is 24.8 Å². The number of aliphatic hydroxyl groups is 1. The van der Waals surface area contributed by atoms with Crippen LogP contribution in [-0.4, -0.2) is 61.9 Å². The number of rotatable bonds is 12. The van der Waals surface area contributed by atoms with Crippen LogP contribution in [0.1, 0.15) is 59.6 Å². The standard InChI is InChI=1S/C30H37ClFN5O4/c1-18(19-7-10-23(11-8-19)36-27(39)13-14-41-3)35-28(29(33)34-2)21-9-12-24(25(32)16-21)30(40)37-26(17-38)20-5-4-6-22(31)15-20/h4-6,9,12,15-16,19,23,26,38H,1,7-8,10-11,13-14,17H2,2-3H3,(H2,33,34)(H,36,39)(H,37,40)/t19?,23?,26-/m1/s1. The van der Waals surface area contributed by atoms with E-state index in [4.69, 9.17) is 22.1 Å². The van der Waals surface area contributed by atoms with Crippen molar-refractivity contribution in [3.8, 4) is 0 Å². The summed E-state index contributed by atoms with van der Waals surface area (Å²) in [5.74, 6) is -1.34. The molecule has 0 radical (unpaired) electrons. The summed E-state index contributed by atoms with van der Waals surface area (Å²) in [4.78, 5) is 33.6. The maximum absolute atomic E-state index is 15.2. The minimum Gasteiger partial charge on any atom is -0.394 e. The molecule has 0 spiro atoms. The highest BCUT2D eigenvalue weighted by Gasteiger charge is 2.25. The molecule has 1 atom stereocenters. The van der Waals surface area contributed by atoms with Crippen molar-refractivity contribution in [2.24, 2.45) is 21.6 Å². The number of benzene rings is 2. The first-order chi connectivity index (χ1) is 19.7. The van der Waals surface area contributed by atoms with Crippen LogP contribution in [0.2, 0.25) is 5.02 Å². The number of nitrogens with one attached hydrogen (secondary N) is 2. The maximum atomic E-state index is 15.2. The first-order valence-electron chi connectivity index (χ1n) is 13.4. The van der Waals surface area contributed by atoms with Gasteiger partial charge in [-0.15, -0.1) is 0 Å². The topological polar surface area (TPSA) is 138 Å². The van der Waals surface area contributed by atoms with E-state index in [1.807, 2.05) is 0 Å². The Morgan fingerprint density at radius 3 is 2.56 bits per heavy atom. The number of aliphatic imine (C=N–C) groups is 2. The fourth-order valence-electron chi connectivity index (χ4n) is 4.72. The van der Waals surface area contributed by atoms with E-state index < -0.39 is 24.4 Å². The third-order valence-electron chi connectivity index (χ3n) is 7.06. The van der Waals surface area contributed by atoms with Crippen molar-refractivity contribution >= 4 is 35.0 Å². The fourth-order valence-corrected chi connectivity index (χ4v) is 4.92. The molecule has 0 aliphatic heterocycles.